The number of para-hydroxylation sites is 2. The smallest absolute Gasteiger partial charge is 0.299 e. The molecule has 30 heavy (non-hydrogen) atoms. The van der Waals surface area contributed by atoms with Gasteiger partial charge in [-0.15, -0.1) is 0 Å². The highest BCUT2D eigenvalue weighted by atomic mass is 16.5. The lowest BCUT2D eigenvalue weighted by molar-refractivity contribution is -0.112. The van der Waals surface area contributed by atoms with Gasteiger partial charge in [0.2, 0.25) is 0 Å². The zero-order chi connectivity index (χ0) is 21.1. The second-order valence-corrected chi connectivity index (χ2v) is 6.97. The summed E-state index contributed by atoms with van der Waals surface area (Å²) in [5, 5.41) is 6.01. The van der Waals surface area contributed by atoms with Crippen LogP contribution in [-0.2, 0) is 4.79 Å². The van der Waals surface area contributed by atoms with E-state index in [9.17, 15) is 4.79 Å². The largest absolute Gasteiger partial charge is 0.496 e. The number of hydrogen-bond acceptors (Lipinski definition) is 5. The van der Waals surface area contributed by atoms with Gasteiger partial charge in [-0.2, -0.15) is 10.1 Å². The Morgan fingerprint density at radius 1 is 0.900 bits per heavy atom. The number of methoxy groups -OCH3 is 1. The van der Waals surface area contributed by atoms with Crippen LogP contribution in [0, 0.1) is 0 Å². The Kier molecular flexibility index (Phi) is 5.30. The predicted octanol–water partition coefficient (Wildman–Crippen LogP) is 4.28. The van der Waals surface area contributed by atoms with Crippen molar-refractivity contribution >= 4 is 34.4 Å². The van der Waals surface area contributed by atoms with Crippen molar-refractivity contribution in [3.63, 3.8) is 0 Å². The minimum Gasteiger partial charge on any atom is -0.496 e. The van der Waals surface area contributed by atoms with Crippen LogP contribution in [0.1, 0.15) is 5.56 Å². The van der Waals surface area contributed by atoms with Crippen LogP contribution < -0.4 is 14.6 Å². The fourth-order valence-corrected chi connectivity index (χ4v) is 3.22. The minimum atomic E-state index is -0.279. The Labute approximate surface area is 175 Å². The molecule has 150 valence electrons. The monoisotopic (exact) mass is 398 g/mol. The van der Waals surface area contributed by atoms with E-state index >= 15 is 0 Å². The van der Waals surface area contributed by atoms with Crippen LogP contribution in [0.5, 0.6) is 5.75 Å². The van der Waals surface area contributed by atoms with Gasteiger partial charge in [-0.3, -0.25) is 4.79 Å². The Morgan fingerprint density at radius 3 is 2.23 bits per heavy atom. The minimum absolute atomic E-state index is 0.279. The molecule has 1 amide bonds. The molecule has 1 aliphatic rings. The highest BCUT2D eigenvalue weighted by Gasteiger charge is 2.35. The average molecular weight is 398 g/mol. The molecule has 6 heteroatoms. The SMILES string of the molecule is COc1ccccc1C1=NN(c2ccccc2)C(=O)C1=Nc1ccc(N(C)C)cc1. The number of amides is 1. The van der Waals surface area contributed by atoms with E-state index in [1.54, 1.807) is 7.11 Å². The Bertz CT molecular complexity index is 1120. The van der Waals surface area contributed by atoms with Crippen molar-refractivity contribution in [2.45, 2.75) is 0 Å². The zero-order valence-corrected chi connectivity index (χ0v) is 17.1. The molecule has 3 aromatic rings. The number of carbonyl (C=O) groups excluding carboxylic acids is 1. The third-order valence-electron chi connectivity index (χ3n) is 4.79. The summed E-state index contributed by atoms with van der Waals surface area (Å²) >= 11 is 0. The summed E-state index contributed by atoms with van der Waals surface area (Å²) in [6.45, 7) is 0. The first-order valence-electron chi connectivity index (χ1n) is 9.56. The van der Waals surface area contributed by atoms with E-state index in [1.165, 1.54) is 5.01 Å². The summed E-state index contributed by atoms with van der Waals surface area (Å²) in [6.07, 6.45) is 0. The van der Waals surface area contributed by atoms with Gasteiger partial charge in [-0.25, -0.2) is 4.99 Å². The van der Waals surface area contributed by atoms with Gasteiger partial charge < -0.3 is 9.64 Å². The molecule has 3 aromatic carbocycles. The normalized spacial score (nSPS) is 14.8. The number of hydrazone groups is 1. The first-order valence-corrected chi connectivity index (χ1v) is 9.56. The highest BCUT2D eigenvalue weighted by Crippen LogP contribution is 2.28. The highest BCUT2D eigenvalue weighted by molar-refractivity contribution is 6.74. The summed E-state index contributed by atoms with van der Waals surface area (Å²) in [5.74, 6) is 0.355. The summed E-state index contributed by atoms with van der Waals surface area (Å²) in [7, 11) is 5.55. The first kappa shape index (κ1) is 19.4. The lowest BCUT2D eigenvalue weighted by Crippen LogP contribution is -2.27. The molecule has 0 N–H and O–H groups in total. The van der Waals surface area contributed by atoms with Crippen LogP contribution >= 0.6 is 0 Å². The molecule has 0 aromatic heterocycles. The van der Waals surface area contributed by atoms with Crippen molar-refractivity contribution < 1.29 is 9.53 Å². The van der Waals surface area contributed by atoms with Gasteiger partial charge in [0.25, 0.3) is 5.91 Å². The molecule has 1 heterocycles. The molecule has 0 atom stereocenters. The van der Waals surface area contributed by atoms with E-state index in [4.69, 9.17) is 4.74 Å². The maximum absolute atomic E-state index is 13.3. The average Bonchev–Trinajstić information content (AvgIpc) is 3.10. The van der Waals surface area contributed by atoms with Gasteiger partial charge in [0.15, 0.2) is 5.71 Å². The van der Waals surface area contributed by atoms with Crippen molar-refractivity contribution in [2.75, 3.05) is 31.1 Å². The van der Waals surface area contributed by atoms with Crippen LogP contribution in [0.4, 0.5) is 17.1 Å². The molecular formula is C24H22N4O2. The Morgan fingerprint density at radius 2 is 1.57 bits per heavy atom. The summed E-state index contributed by atoms with van der Waals surface area (Å²) < 4.78 is 5.50. The van der Waals surface area contributed by atoms with Crippen molar-refractivity contribution in [2.24, 2.45) is 10.1 Å². The molecule has 1 aliphatic heterocycles. The molecule has 0 saturated heterocycles. The maximum Gasteiger partial charge on any atom is 0.299 e. The molecule has 0 fully saturated rings. The van der Waals surface area contributed by atoms with Gasteiger partial charge in [-0.05, 0) is 48.5 Å². The van der Waals surface area contributed by atoms with Crippen LogP contribution in [0.25, 0.3) is 0 Å². The van der Waals surface area contributed by atoms with Crippen molar-refractivity contribution in [3.8, 4) is 5.75 Å². The molecular weight excluding hydrogens is 376 g/mol. The van der Waals surface area contributed by atoms with Gasteiger partial charge in [0.1, 0.15) is 11.5 Å². The summed E-state index contributed by atoms with van der Waals surface area (Å²) in [5.41, 5.74) is 3.90. The Balaban J connectivity index is 1.82. The van der Waals surface area contributed by atoms with Gasteiger partial charge in [0, 0.05) is 25.3 Å². The van der Waals surface area contributed by atoms with Crippen LogP contribution in [0.3, 0.4) is 0 Å². The van der Waals surface area contributed by atoms with Gasteiger partial charge >= 0.3 is 0 Å². The lowest BCUT2D eigenvalue weighted by atomic mass is 10.0. The predicted molar refractivity (Wildman–Crippen MR) is 121 cm³/mol. The molecule has 0 radical (unpaired) electrons. The number of carbonyl (C=O) groups is 1. The fraction of sp³-hybridized carbons (Fsp3) is 0.125. The fourth-order valence-electron chi connectivity index (χ4n) is 3.22. The van der Waals surface area contributed by atoms with E-state index < -0.39 is 0 Å². The molecule has 0 aliphatic carbocycles. The van der Waals surface area contributed by atoms with Gasteiger partial charge in [0.05, 0.1) is 18.5 Å². The molecule has 0 bridgehead atoms. The van der Waals surface area contributed by atoms with E-state index in [1.807, 2.05) is 97.9 Å². The standard InChI is InChI=1S/C24H22N4O2/c1-27(2)18-15-13-17(14-16-18)25-23-22(20-11-7-8-12-21(20)30-3)26-28(24(23)29)19-9-5-4-6-10-19/h4-16H,1-3H3. The lowest BCUT2D eigenvalue weighted by Gasteiger charge is -2.12. The second kappa shape index (κ2) is 8.21. The topological polar surface area (TPSA) is 57.5 Å². The number of hydrogen-bond donors (Lipinski definition) is 0. The molecule has 0 spiro atoms. The van der Waals surface area contributed by atoms with Crippen molar-refractivity contribution in [3.05, 3.63) is 84.4 Å². The van der Waals surface area contributed by atoms with E-state index in [0.717, 1.165) is 11.3 Å². The van der Waals surface area contributed by atoms with E-state index in [-0.39, 0.29) is 11.6 Å². The second-order valence-electron chi connectivity index (χ2n) is 6.97. The quantitative estimate of drug-likeness (QED) is 0.644. The first-order chi connectivity index (χ1) is 14.6. The zero-order valence-electron chi connectivity index (χ0n) is 17.1. The maximum atomic E-state index is 13.3. The number of nitrogens with zero attached hydrogens (tertiary/aromatic N) is 4. The number of benzene rings is 3. The molecule has 0 saturated carbocycles. The summed E-state index contributed by atoms with van der Waals surface area (Å²) in [6, 6.07) is 24.5. The van der Waals surface area contributed by atoms with E-state index in [2.05, 4.69) is 10.1 Å². The molecule has 6 nitrogen and oxygen atoms in total. The van der Waals surface area contributed by atoms with Gasteiger partial charge in [-0.1, -0.05) is 30.3 Å². The van der Waals surface area contributed by atoms with Crippen LogP contribution in [0.2, 0.25) is 0 Å². The number of anilines is 2. The van der Waals surface area contributed by atoms with Crippen LogP contribution in [-0.4, -0.2) is 38.5 Å². The number of rotatable bonds is 5. The molecule has 0 unspecified atom stereocenters. The summed E-state index contributed by atoms with van der Waals surface area (Å²) in [4.78, 5) is 20.0. The molecule has 4 rings (SSSR count). The number of ether oxygens (including phenoxy) is 1. The van der Waals surface area contributed by atoms with Crippen LogP contribution in [0.15, 0.2) is 89.0 Å². The Hall–Kier alpha value is -3.93. The third-order valence-corrected chi connectivity index (χ3v) is 4.79. The third kappa shape index (κ3) is 3.67. The van der Waals surface area contributed by atoms with Crippen molar-refractivity contribution in [1.82, 2.24) is 0 Å². The number of aliphatic imine (C=N–C) groups is 1. The van der Waals surface area contributed by atoms with Crippen molar-refractivity contribution in [1.29, 1.82) is 0 Å². The van der Waals surface area contributed by atoms with E-state index in [0.29, 0.717) is 22.8 Å².